The van der Waals surface area contributed by atoms with Gasteiger partial charge in [0.1, 0.15) is 6.04 Å². The fraction of sp³-hybridized carbons (Fsp3) is 0.524. The highest BCUT2D eigenvalue weighted by atomic mass is 16.5. The molecule has 0 fully saturated rings. The van der Waals surface area contributed by atoms with Gasteiger partial charge in [-0.3, -0.25) is 9.69 Å². The molecule has 1 aliphatic heterocycles. The highest BCUT2D eigenvalue weighted by Gasteiger charge is 2.41. The molecular weight excluding hydrogens is 346 g/mol. The maximum absolute atomic E-state index is 12.4. The minimum absolute atomic E-state index is 0.0483. The molecule has 1 atom stereocenters. The second-order valence-corrected chi connectivity index (χ2v) is 7.12. The number of amides is 1. The zero-order valence-corrected chi connectivity index (χ0v) is 16.3. The average molecular weight is 375 g/mol. The molecule has 1 aromatic carbocycles. The molecule has 0 radical (unpaired) electrons. The van der Waals surface area contributed by atoms with Crippen LogP contribution in [0.1, 0.15) is 52.9 Å². The Morgan fingerprint density at radius 1 is 1.19 bits per heavy atom. The summed E-state index contributed by atoms with van der Waals surface area (Å²) in [6.45, 7) is 5.52. The van der Waals surface area contributed by atoms with Crippen LogP contribution in [0, 0.1) is 0 Å². The van der Waals surface area contributed by atoms with Crippen LogP contribution in [0.4, 0.5) is 10.5 Å². The summed E-state index contributed by atoms with van der Waals surface area (Å²) in [6, 6.07) is 7.35. The number of aliphatic hydroxyl groups is 1. The Bertz CT molecular complexity index is 692. The normalized spacial score (nSPS) is 17.4. The summed E-state index contributed by atoms with van der Waals surface area (Å²) in [7, 11) is 0. The van der Waals surface area contributed by atoms with Gasteiger partial charge in [0, 0.05) is 17.7 Å². The maximum atomic E-state index is 12.4. The van der Waals surface area contributed by atoms with Gasteiger partial charge in [0.2, 0.25) is 0 Å². The number of aliphatic hydroxyl groups excluding tert-OH is 1. The molecule has 1 unspecified atom stereocenters. The van der Waals surface area contributed by atoms with Crippen molar-refractivity contribution in [2.75, 3.05) is 11.5 Å². The molecular formula is C21H29NO5. The third-order valence-corrected chi connectivity index (χ3v) is 5.02. The molecule has 0 aromatic heterocycles. The van der Waals surface area contributed by atoms with Crippen molar-refractivity contribution in [3.8, 4) is 0 Å². The Kier molecular flexibility index (Phi) is 7.02. The van der Waals surface area contributed by atoms with E-state index in [-0.39, 0.29) is 18.1 Å². The zero-order chi connectivity index (χ0) is 20.0. The van der Waals surface area contributed by atoms with Crippen molar-refractivity contribution in [3.05, 3.63) is 41.7 Å². The molecule has 27 heavy (non-hydrogen) atoms. The summed E-state index contributed by atoms with van der Waals surface area (Å²) in [5, 5.41) is 20.5. The quantitative estimate of drug-likeness (QED) is 0.688. The Balaban J connectivity index is 2.44. The van der Waals surface area contributed by atoms with Crippen LogP contribution in [0.5, 0.6) is 0 Å². The minimum Gasteiger partial charge on any atom is -0.512 e. The van der Waals surface area contributed by atoms with E-state index in [0.29, 0.717) is 17.7 Å². The molecule has 2 N–H and O–H groups in total. The lowest BCUT2D eigenvalue weighted by Crippen LogP contribution is -2.49. The first kappa shape index (κ1) is 21.0. The second kappa shape index (κ2) is 9.04. The monoisotopic (exact) mass is 375 g/mol. The number of carbonyl (C=O) groups excluding carboxylic acids is 1. The first-order chi connectivity index (χ1) is 12.8. The first-order valence-electron chi connectivity index (χ1n) is 9.47. The Morgan fingerprint density at radius 2 is 1.78 bits per heavy atom. The number of ether oxygens (including phenoxy) is 1. The van der Waals surface area contributed by atoms with Gasteiger partial charge in [-0.25, -0.2) is 4.79 Å². The van der Waals surface area contributed by atoms with Crippen LogP contribution < -0.4 is 4.90 Å². The molecule has 148 valence electrons. The Hall–Kier alpha value is -2.34. The summed E-state index contributed by atoms with van der Waals surface area (Å²) in [6.07, 6.45) is 2.51. The van der Waals surface area contributed by atoms with Crippen molar-refractivity contribution < 1.29 is 24.5 Å². The largest absolute Gasteiger partial charge is 0.512 e. The van der Waals surface area contributed by atoms with Crippen LogP contribution in [0.25, 0.3) is 0 Å². The van der Waals surface area contributed by atoms with E-state index in [2.05, 4.69) is 13.8 Å². The van der Waals surface area contributed by atoms with Crippen molar-refractivity contribution in [1.82, 2.24) is 0 Å². The van der Waals surface area contributed by atoms with Crippen molar-refractivity contribution in [1.29, 1.82) is 0 Å². The molecule has 1 aliphatic rings. The molecule has 6 nitrogen and oxygen atoms in total. The number of benzene rings is 1. The Labute approximate surface area is 160 Å². The molecule has 1 amide bonds. The predicted molar refractivity (Wildman–Crippen MR) is 104 cm³/mol. The van der Waals surface area contributed by atoms with Gasteiger partial charge in [-0.05, 0) is 31.9 Å². The van der Waals surface area contributed by atoms with Gasteiger partial charge in [0.05, 0.1) is 18.0 Å². The van der Waals surface area contributed by atoms with Crippen molar-refractivity contribution in [2.24, 2.45) is 0 Å². The predicted octanol–water partition coefficient (Wildman–Crippen LogP) is 4.70. The van der Waals surface area contributed by atoms with E-state index in [1.165, 1.54) is 6.92 Å². The molecule has 0 bridgehead atoms. The van der Waals surface area contributed by atoms with Gasteiger partial charge >= 0.3 is 6.09 Å². The van der Waals surface area contributed by atoms with Crippen molar-refractivity contribution >= 4 is 17.6 Å². The number of Topliss-reactive ketones (excluding diaryl/α,β-unsaturated/α-hetero) is 1. The highest BCUT2D eigenvalue weighted by Crippen LogP contribution is 2.38. The number of hydrogen-bond donors (Lipinski definition) is 2. The van der Waals surface area contributed by atoms with Crippen molar-refractivity contribution in [3.63, 3.8) is 0 Å². The summed E-state index contributed by atoms with van der Waals surface area (Å²) in [5.41, 5.74) is 0.264. The number of rotatable bonds is 8. The number of hydrogen-bond acceptors (Lipinski definition) is 4. The lowest BCUT2D eigenvalue weighted by molar-refractivity contribution is -0.118. The molecule has 0 spiro atoms. The first-order valence-corrected chi connectivity index (χ1v) is 9.47. The Morgan fingerprint density at radius 3 is 2.22 bits per heavy atom. The number of para-hydroxylation sites is 1. The molecule has 1 aromatic rings. The van der Waals surface area contributed by atoms with Gasteiger partial charge in [0.15, 0.2) is 5.78 Å². The number of anilines is 1. The second-order valence-electron chi connectivity index (χ2n) is 7.12. The summed E-state index contributed by atoms with van der Waals surface area (Å²) in [5.74, 6) is -0.282. The van der Waals surface area contributed by atoms with Crippen LogP contribution in [-0.2, 0) is 9.53 Å². The molecule has 2 rings (SSSR count). The van der Waals surface area contributed by atoms with Crippen LogP contribution in [0.15, 0.2) is 41.7 Å². The van der Waals surface area contributed by atoms with Gasteiger partial charge in [-0.1, -0.05) is 44.9 Å². The number of ketones is 1. The number of carbonyl (C=O) groups is 2. The van der Waals surface area contributed by atoms with Gasteiger partial charge in [-0.15, -0.1) is 0 Å². The third-order valence-electron chi connectivity index (χ3n) is 5.02. The van der Waals surface area contributed by atoms with E-state index in [1.54, 1.807) is 30.3 Å². The molecule has 6 heteroatoms. The van der Waals surface area contributed by atoms with Crippen LogP contribution in [-0.4, -0.2) is 40.3 Å². The molecule has 1 heterocycles. The minimum atomic E-state index is -1.25. The van der Waals surface area contributed by atoms with Gasteiger partial charge in [-0.2, -0.15) is 0 Å². The average Bonchev–Trinajstić information content (AvgIpc) is 2.61. The number of carboxylic acid groups (broad SMARTS) is 1. The lowest BCUT2D eigenvalue weighted by atomic mass is 9.83. The zero-order valence-electron chi connectivity index (χ0n) is 16.3. The van der Waals surface area contributed by atoms with Gasteiger partial charge < -0.3 is 14.9 Å². The van der Waals surface area contributed by atoms with Crippen LogP contribution in [0.2, 0.25) is 0 Å². The molecule has 0 saturated carbocycles. The molecule has 0 aliphatic carbocycles. The van der Waals surface area contributed by atoms with E-state index < -0.39 is 17.7 Å². The fourth-order valence-electron chi connectivity index (χ4n) is 3.92. The van der Waals surface area contributed by atoms with E-state index in [1.807, 2.05) is 0 Å². The topological polar surface area (TPSA) is 87.1 Å². The smallest absolute Gasteiger partial charge is 0.412 e. The standard InChI is InChI=1S/C21H29NO5/c1-4-11-21(12-5-2)13-18(24)17(14-27-21)19(15(3)23)22(20(25)26)16-9-7-6-8-10-16/h6-10,19,24H,4-5,11-14H2,1-3H3,(H,25,26). The van der Waals surface area contributed by atoms with Crippen LogP contribution >= 0.6 is 0 Å². The summed E-state index contributed by atoms with van der Waals surface area (Å²) in [4.78, 5) is 25.4. The van der Waals surface area contributed by atoms with Crippen molar-refractivity contribution in [2.45, 2.75) is 64.5 Å². The van der Waals surface area contributed by atoms with E-state index in [0.717, 1.165) is 30.6 Å². The summed E-state index contributed by atoms with van der Waals surface area (Å²) < 4.78 is 6.14. The summed E-state index contributed by atoms with van der Waals surface area (Å²) >= 11 is 0. The third kappa shape index (κ3) is 4.69. The number of nitrogens with zero attached hydrogens (tertiary/aromatic N) is 1. The lowest BCUT2D eigenvalue weighted by Gasteiger charge is -2.40. The van der Waals surface area contributed by atoms with E-state index in [4.69, 9.17) is 4.74 Å². The van der Waals surface area contributed by atoms with Gasteiger partial charge in [0.25, 0.3) is 0 Å². The van der Waals surface area contributed by atoms with Crippen LogP contribution in [0.3, 0.4) is 0 Å². The fourth-order valence-corrected chi connectivity index (χ4v) is 3.92. The maximum Gasteiger partial charge on any atom is 0.412 e. The SMILES string of the molecule is CCCC1(CCC)CC(O)=C(C(C(C)=O)N(C(=O)O)c2ccccc2)CO1. The highest BCUT2D eigenvalue weighted by molar-refractivity contribution is 5.99. The van der Waals surface area contributed by atoms with E-state index in [9.17, 15) is 19.8 Å². The van der Waals surface area contributed by atoms with E-state index >= 15 is 0 Å². The molecule has 0 saturated heterocycles.